The summed E-state index contributed by atoms with van der Waals surface area (Å²) in [4.78, 5) is 58.1. The topological polar surface area (TPSA) is 296 Å². The van der Waals surface area contributed by atoms with Crippen molar-refractivity contribution < 1.29 is 60.4 Å². The monoisotopic (exact) mass is 951 g/mol. The molecule has 10 atom stereocenters. The Morgan fingerprint density at radius 3 is 2.31 bits per heavy atom. The number of rotatable bonds is 9. The van der Waals surface area contributed by atoms with Crippen LogP contribution < -0.4 is 17.0 Å². The number of fused-ring (bicyclic) bond motifs is 5. The number of methoxy groups -OCH3 is 1. The van der Waals surface area contributed by atoms with E-state index in [-0.39, 0.29) is 38.8 Å². The average molecular weight is 952 g/mol. The van der Waals surface area contributed by atoms with Gasteiger partial charge in [-0.05, 0) is 64.5 Å². The number of ether oxygens (including phenoxy) is 5. The van der Waals surface area contributed by atoms with E-state index in [9.17, 15) is 14.4 Å². The fourth-order valence-electron chi connectivity index (χ4n) is 6.85. The molecule has 0 aliphatic carbocycles. The number of imidazole rings is 1. The van der Waals surface area contributed by atoms with Crippen LogP contribution in [0.3, 0.4) is 0 Å². The second-order valence-corrected chi connectivity index (χ2v) is 25.6. The van der Waals surface area contributed by atoms with Gasteiger partial charge in [-0.2, -0.15) is 4.37 Å². The number of H-pyrrole nitrogens is 1. The quantitative estimate of drug-likeness (QED) is 0.155. The van der Waals surface area contributed by atoms with E-state index >= 15 is 13.5 Å². The molecule has 2 bridgehead atoms. The molecule has 7 heterocycles. The maximum atomic E-state index is 17.4. The fourth-order valence-corrected chi connectivity index (χ4v) is 15.5. The van der Waals surface area contributed by atoms with Gasteiger partial charge < -0.3 is 39.7 Å². The molecule has 28 heteroatoms. The predicted molar refractivity (Wildman–Crippen MR) is 222 cm³/mol. The molecule has 334 valence electrons. The van der Waals surface area contributed by atoms with Gasteiger partial charge in [0.25, 0.3) is 12.1 Å². The predicted octanol–water partition coefficient (Wildman–Crippen LogP) is 4.33. The molecule has 0 amide bonds. The molecule has 4 aromatic rings. The molecular weight excluding hydrogens is 908 g/mol. The van der Waals surface area contributed by atoms with Crippen molar-refractivity contribution in [1.82, 2.24) is 33.9 Å². The second-order valence-electron chi connectivity index (χ2n) is 15.9. The standard InChI is InChI=1S/C33H44FN9O13P2S3/c1-32(2,3)54-16(44)10-59-57(47)25-15(53-30(18(25)34)43-13-39-21-27(35)37-12-38-28(21)43)9-51-58(48,60-11-17(45)55-33(4,5)6)56-23-22(49-7)14(8-50-57)52-24(23)26-19-20(42-61-26)29(46)41-31(36)40-19/h12-15,18,22-25,30H,8-11H2,1-7H3,(H2,35,37,38)(H3,36,40,41,46)/t14-,15-,18-,22-,23-,24-,25-,30-,57?,58?/m1/s1. The molecule has 3 aliphatic rings. The number of aromatic amines is 1. The number of nitrogens with two attached hydrogens (primary N) is 2. The Bertz CT molecular complexity index is 2460. The van der Waals surface area contributed by atoms with Gasteiger partial charge in [0.1, 0.15) is 70.1 Å². The van der Waals surface area contributed by atoms with Gasteiger partial charge in [-0.1, -0.05) is 11.4 Å². The van der Waals surface area contributed by atoms with E-state index in [1.807, 2.05) is 0 Å². The van der Waals surface area contributed by atoms with Crippen LogP contribution in [0, 0.1) is 0 Å². The highest BCUT2D eigenvalue weighted by molar-refractivity contribution is 8.57. The summed E-state index contributed by atoms with van der Waals surface area (Å²) < 4.78 is 102. The van der Waals surface area contributed by atoms with E-state index < -0.39 is 115 Å². The number of halogens is 1. The zero-order chi connectivity index (χ0) is 44.2. The highest BCUT2D eigenvalue weighted by Crippen LogP contribution is 2.70. The lowest BCUT2D eigenvalue weighted by Crippen LogP contribution is -2.38. The Morgan fingerprint density at radius 1 is 0.967 bits per heavy atom. The molecule has 3 aliphatic heterocycles. The smallest absolute Gasteiger partial charge is 0.390 e. The van der Waals surface area contributed by atoms with Crippen molar-refractivity contribution >= 4 is 93.6 Å². The van der Waals surface area contributed by atoms with Gasteiger partial charge in [0.15, 0.2) is 29.4 Å². The van der Waals surface area contributed by atoms with Crippen LogP contribution in [0.1, 0.15) is 58.8 Å². The Balaban J connectivity index is 1.32. The minimum Gasteiger partial charge on any atom is -0.459 e. The average Bonchev–Trinajstić information content (AvgIpc) is 3.93. The third-order valence-corrected chi connectivity index (χ3v) is 18.7. The zero-order valence-electron chi connectivity index (χ0n) is 33.7. The third-order valence-electron chi connectivity index (χ3n) is 9.15. The Labute approximate surface area is 359 Å². The van der Waals surface area contributed by atoms with Crippen molar-refractivity contribution in [2.75, 3.05) is 43.3 Å². The number of nitrogens with one attached hydrogen (secondary N) is 1. The lowest BCUT2D eigenvalue weighted by molar-refractivity contribution is -0.152. The lowest BCUT2D eigenvalue weighted by atomic mass is 10.1. The fraction of sp³-hybridized carbons (Fsp3) is 0.636. The van der Waals surface area contributed by atoms with Gasteiger partial charge in [-0.15, -0.1) is 0 Å². The molecular formula is C33H44FN9O13P2S3. The SMILES string of the molecule is CO[C@H]1[C@H]2OP(=O)(SCC(=O)OC(C)(C)C)OC[C@H]3O[C@@H](n4cnc5c(N)ncnc54)[C@H](F)[C@@H]3P(=O)(SCC(=O)OC(C)(C)C)OC[C@H]1O[C@H]2c1snc2c(=O)[nH]c(N)nc12. The zero-order valence-corrected chi connectivity index (χ0v) is 38.0. The van der Waals surface area contributed by atoms with E-state index in [1.54, 1.807) is 41.5 Å². The van der Waals surface area contributed by atoms with Crippen molar-refractivity contribution in [3.8, 4) is 0 Å². The Kier molecular flexibility index (Phi) is 13.0. The number of hydrogen-bond acceptors (Lipinski definition) is 23. The van der Waals surface area contributed by atoms with Gasteiger partial charge >= 0.3 is 18.7 Å². The van der Waals surface area contributed by atoms with Crippen molar-refractivity contribution in [3.63, 3.8) is 0 Å². The maximum absolute atomic E-state index is 17.4. The summed E-state index contributed by atoms with van der Waals surface area (Å²) in [5, 5.41) is 0. The summed E-state index contributed by atoms with van der Waals surface area (Å²) >= 11 is 1.82. The first kappa shape index (κ1) is 45.7. The summed E-state index contributed by atoms with van der Waals surface area (Å²) in [7, 11) is 1.31. The van der Waals surface area contributed by atoms with Gasteiger partial charge in [-0.3, -0.25) is 37.5 Å². The van der Waals surface area contributed by atoms with Crippen LogP contribution in [-0.2, 0) is 56.0 Å². The van der Waals surface area contributed by atoms with Crippen molar-refractivity contribution in [2.45, 2.75) is 101 Å². The van der Waals surface area contributed by atoms with Crippen LogP contribution in [0.15, 0.2) is 17.4 Å². The molecule has 3 saturated heterocycles. The van der Waals surface area contributed by atoms with Gasteiger partial charge in [0.2, 0.25) is 5.95 Å². The molecule has 4 aromatic heterocycles. The molecule has 61 heavy (non-hydrogen) atoms. The maximum Gasteiger partial charge on any atom is 0.390 e. The molecule has 3 fully saturated rings. The van der Waals surface area contributed by atoms with E-state index in [0.29, 0.717) is 22.8 Å². The number of alkyl halides is 1. The highest BCUT2D eigenvalue weighted by Gasteiger charge is 2.59. The molecule has 2 unspecified atom stereocenters. The molecule has 5 N–H and O–H groups in total. The van der Waals surface area contributed by atoms with Crippen LogP contribution in [0.2, 0.25) is 0 Å². The van der Waals surface area contributed by atoms with Crippen molar-refractivity contribution in [2.24, 2.45) is 0 Å². The second kappa shape index (κ2) is 17.4. The first-order chi connectivity index (χ1) is 28.6. The van der Waals surface area contributed by atoms with Crippen LogP contribution >= 0.6 is 47.7 Å². The Hall–Kier alpha value is -3.29. The summed E-state index contributed by atoms with van der Waals surface area (Å²) in [6.45, 7) is -0.561. The number of carbonyl (C=O) groups excluding carboxylic acids is 2. The van der Waals surface area contributed by atoms with Crippen LogP contribution in [0.25, 0.3) is 22.2 Å². The molecule has 0 saturated carbocycles. The summed E-state index contributed by atoms with van der Waals surface area (Å²) in [6, 6.07) is 0. The molecule has 0 spiro atoms. The van der Waals surface area contributed by atoms with Crippen molar-refractivity contribution in [3.05, 3.63) is 27.9 Å². The minimum absolute atomic E-state index is 0.00688. The number of esters is 2. The third kappa shape index (κ3) is 9.78. The van der Waals surface area contributed by atoms with Crippen LogP contribution in [-0.4, -0.2) is 125 Å². The first-order valence-electron chi connectivity index (χ1n) is 18.5. The number of aromatic nitrogens is 7. The van der Waals surface area contributed by atoms with Gasteiger partial charge in [0.05, 0.1) is 30.5 Å². The van der Waals surface area contributed by atoms with E-state index in [2.05, 4.69) is 29.3 Å². The van der Waals surface area contributed by atoms with Gasteiger partial charge in [-0.25, -0.2) is 28.9 Å². The van der Waals surface area contributed by atoms with Gasteiger partial charge in [0, 0.05) is 7.11 Å². The number of nitrogens with zero attached hydrogens (tertiary/aromatic N) is 6. The summed E-state index contributed by atoms with van der Waals surface area (Å²) in [5.41, 5.74) is 7.93. The number of hydrogen-bond donors (Lipinski definition) is 3. The van der Waals surface area contributed by atoms with E-state index in [0.717, 1.165) is 17.9 Å². The molecule has 22 nitrogen and oxygen atoms in total. The van der Waals surface area contributed by atoms with E-state index in [4.69, 9.17) is 48.7 Å². The normalized spacial score (nSPS) is 31.1. The number of carbonyl (C=O) groups is 2. The molecule has 0 aromatic carbocycles. The summed E-state index contributed by atoms with van der Waals surface area (Å²) in [5.74, 6) is -2.83. The summed E-state index contributed by atoms with van der Waals surface area (Å²) in [6.07, 6.45) is -7.91. The molecule has 7 rings (SSSR count). The Morgan fingerprint density at radius 2 is 1.64 bits per heavy atom. The molecule has 0 radical (unpaired) electrons. The first-order valence-corrected chi connectivity index (χ1v) is 25.7. The van der Waals surface area contributed by atoms with Crippen LogP contribution in [0.4, 0.5) is 16.2 Å². The van der Waals surface area contributed by atoms with Crippen LogP contribution in [0.5, 0.6) is 0 Å². The largest absolute Gasteiger partial charge is 0.459 e. The minimum atomic E-state index is -4.63. The number of anilines is 2. The lowest BCUT2D eigenvalue weighted by Gasteiger charge is -2.32. The van der Waals surface area contributed by atoms with E-state index in [1.165, 1.54) is 18.0 Å². The number of nitrogen functional groups attached to an aromatic ring is 2. The highest BCUT2D eigenvalue weighted by atomic mass is 32.7. The van der Waals surface area contributed by atoms with Crippen molar-refractivity contribution in [1.29, 1.82) is 0 Å².